The van der Waals surface area contributed by atoms with Crippen molar-refractivity contribution in [3.63, 3.8) is 0 Å². The Morgan fingerprint density at radius 1 is 1.33 bits per heavy atom. The van der Waals surface area contributed by atoms with Gasteiger partial charge in [0.25, 0.3) is 0 Å². The Hall–Kier alpha value is -1.32. The van der Waals surface area contributed by atoms with Gasteiger partial charge in [0, 0.05) is 35.6 Å². The molecule has 0 spiro atoms. The molecule has 3 rings (SSSR count). The molecule has 0 saturated carbocycles. The summed E-state index contributed by atoms with van der Waals surface area (Å²) in [6.07, 6.45) is 9.10. The van der Waals surface area contributed by atoms with E-state index in [1.54, 1.807) is 12.1 Å². The second-order valence-corrected chi connectivity index (χ2v) is 6.17. The van der Waals surface area contributed by atoms with Crippen molar-refractivity contribution >= 4 is 11.6 Å². The number of nitrogens with one attached hydrogen (secondary N) is 1. The first kappa shape index (κ1) is 14.6. The molecule has 1 unspecified atom stereocenters. The van der Waals surface area contributed by atoms with E-state index >= 15 is 0 Å². The van der Waals surface area contributed by atoms with Gasteiger partial charge in [-0.05, 0) is 49.6 Å². The van der Waals surface area contributed by atoms with Gasteiger partial charge in [0.1, 0.15) is 5.82 Å². The Bertz CT molecular complexity index is 636. The molecule has 2 nitrogen and oxygen atoms in total. The van der Waals surface area contributed by atoms with Gasteiger partial charge in [0.05, 0.1) is 0 Å². The molecule has 1 N–H and O–H groups in total. The molecule has 1 aliphatic carbocycles. The molecule has 1 heterocycles. The Morgan fingerprint density at radius 2 is 2.19 bits per heavy atom. The molecule has 4 heteroatoms. The maximum Gasteiger partial charge on any atom is 0.129 e. The van der Waals surface area contributed by atoms with Gasteiger partial charge in [-0.1, -0.05) is 24.1 Å². The molecule has 1 aromatic carbocycles. The lowest BCUT2D eigenvalue weighted by Gasteiger charge is -2.13. The molecule has 0 saturated heterocycles. The van der Waals surface area contributed by atoms with Crippen LogP contribution in [0.2, 0.25) is 5.02 Å². The Morgan fingerprint density at radius 3 is 2.95 bits per heavy atom. The number of hydrogen-bond acceptors (Lipinski definition) is 1. The van der Waals surface area contributed by atoms with Crippen LogP contribution in [0.4, 0.5) is 4.39 Å². The van der Waals surface area contributed by atoms with Crippen molar-refractivity contribution in [2.45, 2.75) is 38.3 Å². The molecule has 0 fully saturated rings. The van der Waals surface area contributed by atoms with E-state index in [4.69, 9.17) is 11.6 Å². The molecule has 1 aliphatic rings. The van der Waals surface area contributed by atoms with Crippen molar-refractivity contribution in [2.75, 3.05) is 7.05 Å². The minimum Gasteiger partial charge on any atom is -0.349 e. The van der Waals surface area contributed by atoms with E-state index in [2.05, 4.69) is 22.3 Å². The molecular formula is C17H20ClFN2. The fraction of sp³-hybridized carbons (Fsp3) is 0.412. The first-order chi connectivity index (χ1) is 10.2. The van der Waals surface area contributed by atoms with Crippen LogP contribution in [0.1, 0.15) is 42.0 Å². The average molecular weight is 307 g/mol. The quantitative estimate of drug-likeness (QED) is 0.836. The third-order valence-corrected chi connectivity index (χ3v) is 4.51. The van der Waals surface area contributed by atoms with Gasteiger partial charge in [-0.15, -0.1) is 0 Å². The van der Waals surface area contributed by atoms with Crippen molar-refractivity contribution in [1.29, 1.82) is 0 Å². The molecule has 1 atom stereocenters. The summed E-state index contributed by atoms with van der Waals surface area (Å²) in [6.45, 7) is 0.548. The van der Waals surface area contributed by atoms with Crippen LogP contribution in [0.15, 0.2) is 30.6 Å². The number of rotatable bonds is 3. The van der Waals surface area contributed by atoms with Crippen LogP contribution in [-0.2, 0) is 13.0 Å². The number of nitrogens with zero attached hydrogens (tertiary/aromatic N) is 1. The number of halogens is 2. The molecule has 112 valence electrons. The summed E-state index contributed by atoms with van der Waals surface area (Å²) >= 11 is 5.80. The standard InChI is InChI=1S/C17H20ClFN2/c1-20-17-5-3-2-4-12-9-21(11-15(12)17)10-13-6-7-14(18)8-16(13)19/h6-9,11,17,20H,2-5,10H2,1H3. The zero-order valence-electron chi connectivity index (χ0n) is 12.2. The maximum atomic E-state index is 13.9. The highest BCUT2D eigenvalue weighted by molar-refractivity contribution is 6.30. The third kappa shape index (κ3) is 3.14. The van der Waals surface area contributed by atoms with Crippen molar-refractivity contribution < 1.29 is 4.39 Å². The number of aromatic nitrogens is 1. The van der Waals surface area contributed by atoms with Crippen molar-refractivity contribution in [2.24, 2.45) is 0 Å². The fourth-order valence-electron chi connectivity index (χ4n) is 3.15. The average Bonchev–Trinajstić information content (AvgIpc) is 2.75. The maximum absolute atomic E-state index is 13.9. The van der Waals surface area contributed by atoms with Crippen molar-refractivity contribution in [3.05, 3.63) is 58.1 Å². The van der Waals surface area contributed by atoms with Gasteiger partial charge in [-0.2, -0.15) is 0 Å². The number of aryl methyl sites for hydroxylation is 1. The second-order valence-electron chi connectivity index (χ2n) is 5.73. The van der Waals surface area contributed by atoms with Crippen LogP contribution in [0.5, 0.6) is 0 Å². The van der Waals surface area contributed by atoms with Gasteiger partial charge >= 0.3 is 0 Å². The van der Waals surface area contributed by atoms with Gasteiger partial charge in [0.15, 0.2) is 0 Å². The van der Waals surface area contributed by atoms with E-state index in [1.807, 2.05) is 7.05 Å². The molecule has 2 aromatic rings. The van der Waals surface area contributed by atoms with E-state index in [-0.39, 0.29) is 5.82 Å². The molecular weight excluding hydrogens is 287 g/mol. The normalized spacial score (nSPS) is 18.3. The van der Waals surface area contributed by atoms with E-state index in [0.29, 0.717) is 23.2 Å². The van der Waals surface area contributed by atoms with Gasteiger partial charge in [0.2, 0.25) is 0 Å². The van der Waals surface area contributed by atoms with Gasteiger partial charge in [-0.25, -0.2) is 4.39 Å². The van der Waals surface area contributed by atoms with Gasteiger partial charge < -0.3 is 9.88 Å². The highest BCUT2D eigenvalue weighted by Gasteiger charge is 2.19. The highest BCUT2D eigenvalue weighted by Crippen LogP contribution is 2.29. The molecule has 0 radical (unpaired) electrons. The van der Waals surface area contributed by atoms with Crippen LogP contribution in [0.3, 0.4) is 0 Å². The van der Waals surface area contributed by atoms with E-state index in [0.717, 1.165) is 6.42 Å². The largest absolute Gasteiger partial charge is 0.349 e. The van der Waals surface area contributed by atoms with Gasteiger partial charge in [-0.3, -0.25) is 0 Å². The Kier molecular flexibility index (Phi) is 4.32. The zero-order valence-corrected chi connectivity index (χ0v) is 13.0. The first-order valence-electron chi connectivity index (χ1n) is 7.47. The molecule has 0 aliphatic heterocycles. The summed E-state index contributed by atoms with van der Waals surface area (Å²) in [4.78, 5) is 0. The molecule has 21 heavy (non-hydrogen) atoms. The Labute approximate surface area is 129 Å². The predicted molar refractivity (Wildman–Crippen MR) is 84.3 cm³/mol. The van der Waals surface area contributed by atoms with Crippen molar-refractivity contribution in [3.8, 4) is 0 Å². The van der Waals surface area contributed by atoms with Crippen LogP contribution in [-0.4, -0.2) is 11.6 Å². The second kappa shape index (κ2) is 6.20. The summed E-state index contributed by atoms with van der Waals surface area (Å²) in [5, 5.41) is 3.83. The smallest absolute Gasteiger partial charge is 0.129 e. The van der Waals surface area contributed by atoms with Crippen LogP contribution >= 0.6 is 11.6 Å². The summed E-state index contributed by atoms with van der Waals surface area (Å²) in [6, 6.07) is 5.30. The summed E-state index contributed by atoms with van der Waals surface area (Å²) in [5.74, 6) is -0.239. The lowest BCUT2D eigenvalue weighted by Crippen LogP contribution is -2.15. The lowest BCUT2D eigenvalue weighted by atomic mass is 10.1. The first-order valence-corrected chi connectivity index (χ1v) is 7.85. The molecule has 0 amide bonds. The van der Waals surface area contributed by atoms with Crippen LogP contribution in [0, 0.1) is 5.82 Å². The summed E-state index contributed by atoms with van der Waals surface area (Å²) in [5.41, 5.74) is 3.43. The number of fused-ring (bicyclic) bond motifs is 1. The fourth-order valence-corrected chi connectivity index (χ4v) is 3.31. The highest BCUT2D eigenvalue weighted by atomic mass is 35.5. The van der Waals surface area contributed by atoms with E-state index in [9.17, 15) is 4.39 Å². The van der Waals surface area contributed by atoms with Crippen LogP contribution in [0.25, 0.3) is 0 Å². The summed E-state index contributed by atoms with van der Waals surface area (Å²) < 4.78 is 16.0. The topological polar surface area (TPSA) is 17.0 Å². The molecule has 1 aromatic heterocycles. The lowest BCUT2D eigenvalue weighted by molar-refractivity contribution is 0.530. The van der Waals surface area contributed by atoms with Crippen LogP contribution < -0.4 is 5.32 Å². The number of hydrogen-bond donors (Lipinski definition) is 1. The molecule has 0 bridgehead atoms. The predicted octanol–water partition coefficient (Wildman–Crippen LogP) is 4.32. The minimum atomic E-state index is -0.239. The monoisotopic (exact) mass is 306 g/mol. The van der Waals surface area contributed by atoms with Crippen molar-refractivity contribution in [1.82, 2.24) is 9.88 Å². The zero-order chi connectivity index (χ0) is 14.8. The Balaban J connectivity index is 1.87. The SMILES string of the molecule is CNC1CCCCc2cn(Cc3ccc(Cl)cc3F)cc21. The van der Waals surface area contributed by atoms with E-state index < -0.39 is 0 Å². The minimum absolute atomic E-state index is 0.239. The summed E-state index contributed by atoms with van der Waals surface area (Å²) in [7, 11) is 2.01. The van der Waals surface area contributed by atoms with E-state index in [1.165, 1.54) is 36.5 Å². The third-order valence-electron chi connectivity index (χ3n) is 4.28. The number of benzene rings is 1.